The van der Waals surface area contributed by atoms with Crippen LogP contribution >= 0.6 is 0 Å². The highest BCUT2D eigenvalue weighted by Gasteiger charge is 2.18. The van der Waals surface area contributed by atoms with Crippen molar-refractivity contribution in [1.29, 1.82) is 0 Å². The van der Waals surface area contributed by atoms with E-state index < -0.39 is 0 Å². The van der Waals surface area contributed by atoms with E-state index in [-0.39, 0.29) is 12.6 Å². The predicted octanol–water partition coefficient (Wildman–Crippen LogP) is 1.98. The maximum Gasteiger partial charge on any atom is 0.0587 e. The summed E-state index contributed by atoms with van der Waals surface area (Å²) < 4.78 is 0. The van der Waals surface area contributed by atoms with Crippen LogP contribution in [0, 0.1) is 5.92 Å². The molecule has 0 radical (unpaired) electrons. The van der Waals surface area contributed by atoms with Crippen molar-refractivity contribution in [2.45, 2.75) is 31.7 Å². The Balaban J connectivity index is 1.76. The molecule has 2 rings (SSSR count). The Bertz CT molecular complexity index is 295. The monoisotopic (exact) mass is 219 g/mol. The first-order valence-corrected chi connectivity index (χ1v) is 6.26. The van der Waals surface area contributed by atoms with Gasteiger partial charge in [-0.15, -0.1) is 0 Å². The van der Waals surface area contributed by atoms with Gasteiger partial charge in [-0.05, 0) is 37.3 Å². The molecule has 0 spiro atoms. The predicted molar refractivity (Wildman–Crippen MR) is 66.4 cm³/mol. The Hall–Kier alpha value is -0.860. The van der Waals surface area contributed by atoms with Crippen LogP contribution in [-0.2, 0) is 6.42 Å². The maximum absolute atomic E-state index is 9.33. The van der Waals surface area contributed by atoms with Gasteiger partial charge in [-0.1, -0.05) is 36.8 Å². The molecule has 0 aromatic heterocycles. The Labute approximate surface area is 97.7 Å². The summed E-state index contributed by atoms with van der Waals surface area (Å²) in [5.74, 6) is 0.852. The lowest BCUT2D eigenvalue weighted by atomic mass is 9.85. The van der Waals surface area contributed by atoms with E-state index in [2.05, 4.69) is 29.6 Å². The second kappa shape index (κ2) is 6.02. The largest absolute Gasteiger partial charge is 0.395 e. The molecule has 0 aliphatic heterocycles. The van der Waals surface area contributed by atoms with Gasteiger partial charge in [0, 0.05) is 6.04 Å². The number of aliphatic hydroxyl groups excluding tert-OH is 1. The van der Waals surface area contributed by atoms with Crippen molar-refractivity contribution in [3.63, 3.8) is 0 Å². The van der Waals surface area contributed by atoms with E-state index in [9.17, 15) is 5.11 Å². The zero-order chi connectivity index (χ0) is 11.2. The van der Waals surface area contributed by atoms with Crippen molar-refractivity contribution in [3.05, 3.63) is 35.9 Å². The molecule has 2 nitrogen and oxygen atoms in total. The van der Waals surface area contributed by atoms with E-state index in [0.29, 0.717) is 0 Å². The highest BCUT2D eigenvalue weighted by Crippen LogP contribution is 2.25. The molecule has 1 aliphatic carbocycles. The van der Waals surface area contributed by atoms with E-state index in [4.69, 9.17) is 0 Å². The molecular weight excluding hydrogens is 198 g/mol. The van der Waals surface area contributed by atoms with Gasteiger partial charge in [-0.3, -0.25) is 0 Å². The molecule has 88 valence electrons. The van der Waals surface area contributed by atoms with E-state index in [0.717, 1.165) is 18.9 Å². The first kappa shape index (κ1) is 11.6. The summed E-state index contributed by atoms with van der Waals surface area (Å²) in [6, 6.07) is 10.6. The van der Waals surface area contributed by atoms with Crippen molar-refractivity contribution < 1.29 is 5.11 Å². The topological polar surface area (TPSA) is 32.3 Å². The van der Waals surface area contributed by atoms with Gasteiger partial charge < -0.3 is 10.4 Å². The van der Waals surface area contributed by atoms with Gasteiger partial charge in [0.15, 0.2) is 0 Å². The first-order valence-electron chi connectivity index (χ1n) is 6.26. The van der Waals surface area contributed by atoms with Gasteiger partial charge in [0.05, 0.1) is 6.61 Å². The fourth-order valence-corrected chi connectivity index (χ4v) is 2.13. The van der Waals surface area contributed by atoms with Crippen LogP contribution in [0.3, 0.4) is 0 Å². The lowest BCUT2D eigenvalue weighted by molar-refractivity contribution is 0.220. The average molecular weight is 219 g/mol. The normalized spacial score (nSPS) is 18.1. The van der Waals surface area contributed by atoms with Crippen LogP contribution in [-0.4, -0.2) is 24.3 Å². The molecule has 1 atom stereocenters. The van der Waals surface area contributed by atoms with Crippen molar-refractivity contribution in [2.24, 2.45) is 5.92 Å². The molecule has 16 heavy (non-hydrogen) atoms. The lowest BCUT2D eigenvalue weighted by Gasteiger charge is -2.28. The maximum atomic E-state index is 9.33. The van der Waals surface area contributed by atoms with Gasteiger partial charge in [-0.25, -0.2) is 0 Å². The van der Waals surface area contributed by atoms with Crippen molar-refractivity contribution in [1.82, 2.24) is 5.32 Å². The third-order valence-electron chi connectivity index (χ3n) is 3.47. The van der Waals surface area contributed by atoms with Crippen molar-refractivity contribution in [2.75, 3.05) is 13.2 Å². The Kier molecular flexibility index (Phi) is 4.37. The van der Waals surface area contributed by atoms with Crippen molar-refractivity contribution in [3.8, 4) is 0 Å². The molecule has 0 bridgehead atoms. The highest BCUT2D eigenvalue weighted by molar-refractivity contribution is 5.15. The number of hydrogen-bond donors (Lipinski definition) is 2. The molecule has 1 aromatic carbocycles. The summed E-state index contributed by atoms with van der Waals surface area (Å²) in [5.41, 5.74) is 1.29. The van der Waals surface area contributed by atoms with E-state index in [1.54, 1.807) is 0 Å². The van der Waals surface area contributed by atoms with E-state index >= 15 is 0 Å². The quantitative estimate of drug-likeness (QED) is 0.767. The summed E-state index contributed by atoms with van der Waals surface area (Å²) in [7, 11) is 0. The molecule has 2 heteroatoms. The number of hydrogen-bond acceptors (Lipinski definition) is 2. The van der Waals surface area contributed by atoms with Crippen LogP contribution in [0.4, 0.5) is 0 Å². The molecule has 1 aliphatic rings. The molecule has 2 N–H and O–H groups in total. The fraction of sp³-hybridized carbons (Fsp3) is 0.571. The molecule has 0 amide bonds. The SMILES string of the molecule is OC[C@H](Cc1ccccc1)NCC1CCC1. The number of aliphatic hydroxyl groups is 1. The third kappa shape index (κ3) is 3.32. The molecule has 1 fully saturated rings. The van der Waals surface area contributed by atoms with E-state index in [1.807, 2.05) is 6.07 Å². The zero-order valence-electron chi connectivity index (χ0n) is 9.73. The Morgan fingerprint density at radius 3 is 2.56 bits per heavy atom. The van der Waals surface area contributed by atoms with Crippen LogP contribution in [0.5, 0.6) is 0 Å². The molecule has 1 aromatic rings. The van der Waals surface area contributed by atoms with Crippen LogP contribution in [0.1, 0.15) is 24.8 Å². The Morgan fingerprint density at radius 2 is 2.00 bits per heavy atom. The summed E-state index contributed by atoms with van der Waals surface area (Å²) >= 11 is 0. The highest BCUT2D eigenvalue weighted by atomic mass is 16.3. The molecule has 1 saturated carbocycles. The zero-order valence-corrected chi connectivity index (χ0v) is 9.73. The summed E-state index contributed by atoms with van der Waals surface area (Å²) in [4.78, 5) is 0. The van der Waals surface area contributed by atoms with Crippen LogP contribution < -0.4 is 5.32 Å². The minimum Gasteiger partial charge on any atom is -0.395 e. The standard InChI is InChI=1S/C14H21NO/c16-11-14(15-10-13-7-4-8-13)9-12-5-2-1-3-6-12/h1-3,5-6,13-16H,4,7-11H2/t14-/m0/s1. The summed E-state index contributed by atoms with van der Waals surface area (Å²) in [6.07, 6.45) is 5.02. The Morgan fingerprint density at radius 1 is 1.25 bits per heavy atom. The molecular formula is C14H21NO. The summed E-state index contributed by atoms with van der Waals surface area (Å²) in [5, 5.41) is 12.8. The fourth-order valence-electron chi connectivity index (χ4n) is 2.13. The number of nitrogens with one attached hydrogen (secondary N) is 1. The molecule has 0 saturated heterocycles. The lowest BCUT2D eigenvalue weighted by Crippen LogP contribution is -2.39. The second-order valence-corrected chi connectivity index (χ2v) is 4.77. The van der Waals surface area contributed by atoms with Crippen LogP contribution in [0.2, 0.25) is 0 Å². The first-order chi connectivity index (χ1) is 7.88. The van der Waals surface area contributed by atoms with Gasteiger partial charge >= 0.3 is 0 Å². The number of rotatable bonds is 6. The number of benzene rings is 1. The van der Waals surface area contributed by atoms with Crippen molar-refractivity contribution >= 4 is 0 Å². The van der Waals surface area contributed by atoms with Gasteiger partial charge in [0.2, 0.25) is 0 Å². The minimum absolute atomic E-state index is 0.211. The third-order valence-corrected chi connectivity index (χ3v) is 3.47. The van der Waals surface area contributed by atoms with Gasteiger partial charge in [0.25, 0.3) is 0 Å². The minimum atomic E-state index is 0.211. The van der Waals surface area contributed by atoms with Gasteiger partial charge in [-0.2, -0.15) is 0 Å². The van der Waals surface area contributed by atoms with Crippen LogP contribution in [0.25, 0.3) is 0 Å². The average Bonchev–Trinajstić information content (AvgIpc) is 2.27. The smallest absolute Gasteiger partial charge is 0.0587 e. The van der Waals surface area contributed by atoms with Gasteiger partial charge in [0.1, 0.15) is 0 Å². The molecule has 0 heterocycles. The molecule has 0 unspecified atom stereocenters. The van der Waals surface area contributed by atoms with E-state index in [1.165, 1.54) is 24.8 Å². The summed E-state index contributed by atoms with van der Waals surface area (Å²) in [6.45, 7) is 1.29. The second-order valence-electron chi connectivity index (χ2n) is 4.77. The van der Waals surface area contributed by atoms with Crippen LogP contribution in [0.15, 0.2) is 30.3 Å².